The van der Waals surface area contributed by atoms with Gasteiger partial charge in [0.2, 0.25) is 0 Å². The molecule has 0 amide bonds. The van der Waals surface area contributed by atoms with E-state index in [1.807, 2.05) is 24.3 Å². The van der Waals surface area contributed by atoms with Crippen LogP contribution in [-0.4, -0.2) is 4.98 Å². The maximum absolute atomic E-state index is 5.83. The summed E-state index contributed by atoms with van der Waals surface area (Å²) >= 11 is 10.8. The highest BCUT2D eigenvalue weighted by Crippen LogP contribution is 2.30. The van der Waals surface area contributed by atoms with Gasteiger partial charge in [-0.15, -0.1) is 11.3 Å². The molecule has 0 aliphatic heterocycles. The van der Waals surface area contributed by atoms with Gasteiger partial charge in [-0.2, -0.15) is 0 Å². The second-order valence-corrected chi connectivity index (χ2v) is 5.09. The third-order valence-electron chi connectivity index (χ3n) is 1.55. The van der Waals surface area contributed by atoms with Crippen LogP contribution in [-0.2, 0) is 0 Å². The lowest BCUT2D eigenvalue weighted by molar-refractivity contribution is 1.33. The van der Waals surface area contributed by atoms with Crippen molar-refractivity contribution in [1.29, 1.82) is 0 Å². The fraction of sp³-hybridized carbons (Fsp3) is 0. The molecule has 0 atom stereocenters. The first-order chi connectivity index (χ1) is 6.25. The Kier molecular flexibility index (Phi) is 2.67. The first-order valence-corrected chi connectivity index (χ1v) is 5.62. The van der Waals surface area contributed by atoms with Gasteiger partial charge in [-0.05, 0) is 24.3 Å². The molecule has 0 spiro atoms. The first kappa shape index (κ1) is 9.19. The summed E-state index contributed by atoms with van der Waals surface area (Å²) in [5.74, 6) is 0. The zero-order valence-corrected chi connectivity index (χ0v) is 9.66. The van der Waals surface area contributed by atoms with Crippen molar-refractivity contribution in [2.45, 2.75) is 0 Å². The van der Waals surface area contributed by atoms with Gasteiger partial charge in [0.1, 0.15) is 0 Å². The molecule has 2 aromatic heterocycles. The van der Waals surface area contributed by atoms with Crippen LogP contribution in [0.25, 0.3) is 10.6 Å². The van der Waals surface area contributed by atoms with E-state index in [0.29, 0.717) is 0 Å². The first-order valence-electron chi connectivity index (χ1n) is 3.63. The van der Waals surface area contributed by atoms with Gasteiger partial charge in [0.25, 0.3) is 0 Å². The molecule has 0 saturated heterocycles. The van der Waals surface area contributed by atoms with Gasteiger partial charge in [0.05, 0.1) is 14.9 Å². The van der Waals surface area contributed by atoms with Crippen molar-refractivity contribution in [3.05, 3.63) is 39.3 Å². The van der Waals surface area contributed by atoms with Crippen LogP contribution in [0, 0.1) is 0 Å². The molecule has 0 unspecified atom stereocenters. The fourth-order valence-electron chi connectivity index (χ4n) is 0.991. The van der Waals surface area contributed by atoms with Gasteiger partial charge in [-0.25, -0.2) is 0 Å². The number of thiophene rings is 1. The quantitative estimate of drug-likeness (QED) is 0.758. The van der Waals surface area contributed by atoms with Gasteiger partial charge < -0.3 is 0 Å². The number of pyridine rings is 1. The lowest BCUT2D eigenvalue weighted by Gasteiger charge is -1.95. The summed E-state index contributed by atoms with van der Waals surface area (Å²) in [5, 5.41) is 0. The van der Waals surface area contributed by atoms with E-state index in [-0.39, 0.29) is 0 Å². The molecular weight excluding hydrogens is 270 g/mol. The Balaban J connectivity index is 2.46. The molecule has 13 heavy (non-hydrogen) atoms. The summed E-state index contributed by atoms with van der Waals surface area (Å²) in [6, 6.07) is 7.73. The molecule has 0 aromatic carbocycles. The van der Waals surface area contributed by atoms with Crippen molar-refractivity contribution in [3.63, 3.8) is 0 Å². The van der Waals surface area contributed by atoms with Crippen LogP contribution < -0.4 is 0 Å². The van der Waals surface area contributed by atoms with Crippen molar-refractivity contribution < 1.29 is 0 Å². The van der Waals surface area contributed by atoms with E-state index in [0.717, 1.165) is 19.4 Å². The Morgan fingerprint density at radius 1 is 1.31 bits per heavy atom. The third-order valence-corrected chi connectivity index (χ3v) is 3.29. The molecule has 0 fully saturated rings. The summed E-state index contributed by atoms with van der Waals surface area (Å²) in [5.41, 5.74) is 0.950. The van der Waals surface area contributed by atoms with E-state index in [2.05, 4.69) is 20.9 Å². The molecule has 1 nitrogen and oxygen atoms in total. The van der Waals surface area contributed by atoms with Gasteiger partial charge >= 0.3 is 0 Å². The number of hydrogen-bond acceptors (Lipinski definition) is 2. The van der Waals surface area contributed by atoms with Crippen LogP contribution >= 0.6 is 38.9 Å². The van der Waals surface area contributed by atoms with E-state index in [1.165, 1.54) is 11.3 Å². The van der Waals surface area contributed by atoms with Crippen molar-refractivity contribution in [2.75, 3.05) is 0 Å². The maximum atomic E-state index is 5.83. The number of halogens is 2. The summed E-state index contributed by atoms with van der Waals surface area (Å²) in [6.07, 6.45) is 1.77. The zero-order valence-electron chi connectivity index (χ0n) is 6.50. The fourth-order valence-corrected chi connectivity index (χ4v) is 2.34. The molecule has 66 valence electrons. The average Bonchev–Trinajstić information content (AvgIpc) is 2.52. The number of nitrogens with zero attached hydrogens (tertiary/aromatic N) is 1. The smallest absolute Gasteiger partial charge is 0.0935 e. The minimum atomic E-state index is 0.789. The standard InChI is InChI=1S/C9H5BrClNS/c10-6-3-4-12-7(5-6)8-1-2-9(11)13-8/h1-5H. The number of aromatic nitrogens is 1. The average molecular weight is 275 g/mol. The number of hydrogen-bond donors (Lipinski definition) is 0. The summed E-state index contributed by atoms with van der Waals surface area (Å²) in [6.45, 7) is 0. The summed E-state index contributed by atoms with van der Waals surface area (Å²) < 4.78 is 1.82. The topological polar surface area (TPSA) is 12.9 Å². The van der Waals surface area contributed by atoms with Crippen LogP contribution in [0.4, 0.5) is 0 Å². The van der Waals surface area contributed by atoms with Gasteiger partial charge in [-0.1, -0.05) is 27.5 Å². The zero-order chi connectivity index (χ0) is 9.26. The second-order valence-electron chi connectivity index (χ2n) is 2.46. The van der Waals surface area contributed by atoms with E-state index < -0.39 is 0 Å². The summed E-state index contributed by atoms with van der Waals surface area (Å²) in [7, 11) is 0. The molecule has 0 bridgehead atoms. The summed E-state index contributed by atoms with van der Waals surface area (Å²) in [4.78, 5) is 5.33. The van der Waals surface area contributed by atoms with Crippen molar-refractivity contribution in [2.24, 2.45) is 0 Å². The molecule has 2 rings (SSSR count). The van der Waals surface area contributed by atoms with Gasteiger partial charge in [0, 0.05) is 10.7 Å². The van der Waals surface area contributed by atoms with Crippen molar-refractivity contribution in [3.8, 4) is 10.6 Å². The van der Waals surface area contributed by atoms with Crippen molar-refractivity contribution >= 4 is 38.9 Å². The molecule has 0 aliphatic rings. The van der Waals surface area contributed by atoms with Crippen LogP contribution in [0.1, 0.15) is 0 Å². The molecule has 4 heteroatoms. The molecule has 0 saturated carbocycles. The molecule has 0 aliphatic carbocycles. The SMILES string of the molecule is Clc1ccc(-c2cc(Br)ccn2)s1. The Labute approximate surface area is 93.5 Å². The highest BCUT2D eigenvalue weighted by Gasteiger charge is 2.02. The van der Waals surface area contributed by atoms with Gasteiger partial charge in [0.15, 0.2) is 0 Å². The van der Waals surface area contributed by atoms with Crippen molar-refractivity contribution in [1.82, 2.24) is 4.98 Å². The molecule has 0 radical (unpaired) electrons. The Morgan fingerprint density at radius 2 is 2.15 bits per heavy atom. The maximum Gasteiger partial charge on any atom is 0.0935 e. The molecule has 2 aromatic rings. The lowest BCUT2D eigenvalue weighted by Crippen LogP contribution is -1.77. The Morgan fingerprint density at radius 3 is 2.77 bits per heavy atom. The van der Waals surface area contributed by atoms with Crippen LogP contribution in [0.5, 0.6) is 0 Å². The molecular formula is C9H5BrClNS. The minimum absolute atomic E-state index is 0.789. The number of rotatable bonds is 1. The van der Waals surface area contributed by atoms with E-state index in [4.69, 9.17) is 11.6 Å². The Hall–Kier alpha value is -0.380. The van der Waals surface area contributed by atoms with E-state index in [1.54, 1.807) is 6.20 Å². The van der Waals surface area contributed by atoms with Crippen LogP contribution in [0.15, 0.2) is 34.9 Å². The highest BCUT2D eigenvalue weighted by atomic mass is 79.9. The Bertz CT molecular complexity index is 427. The van der Waals surface area contributed by atoms with Crippen LogP contribution in [0.3, 0.4) is 0 Å². The van der Waals surface area contributed by atoms with Gasteiger partial charge in [-0.3, -0.25) is 4.98 Å². The lowest BCUT2D eigenvalue weighted by atomic mass is 10.3. The highest BCUT2D eigenvalue weighted by molar-refractivity contribution is 9.10. The molecule has 0 N–H and O–H groups in total. The monoisotopic (exact) mass is 273 g/mol. The van der Waals surface area contributed by atoms with E-state index >= 15 is 0 Å². The predicted octanol–water partition coefficient (Wildman–Crippen LogP) is 4.23. The minimum Gasteiger partial charge on any atom is -0.255 e. The predicted molar refractivity (Wildman–Crippen MR) is 60.3 cm³/mol. The third kappa shape index (κ3) is 2.10. The second kappa shape index (κ2) is 3.78. The van der Waals surface area contributed by atoms with Crippen LogP contribution in [0.2, 0.25) is 4.34 Å². The largest absolute Gasteiger partial charge is 0.255 e. The molecule has 2 heterocycles. The van der Waals surface area contributed by atoms with E-state index in [9.17, 15) is 0 Å². The normalized spacial score (nSPS) is 10.3.